The van der Waals surface area contributed by atoms with Crippen molar-refractivity contribution in [2.45, 2.75) is 26.2 Å². The molecule has 0 radical (unpaired) electrons. The van der Waals surface area contributed by atoms with E-state index in [1.165, 1.54) is 0 Å². The molecule has 1 atom stereocenters. The topological polar surface area (TPSA) is 69.0 Å². The number of ether oxygens (including phenoxy) is 2. The number of furan rings is 1. The smallest absolute Gasteiger partial charge is 0.310 e. The number of carbonyl (C=O) groups is 2. The molecule has 6 nitrogen and oxygen atoms in total. The van der Waals surface area contributed by atoms with Gasteiger partial charge in [0.25, 0.3) is 5.91 Å². The molecule has 0 unspecified atom stereocenters. The van der Waals surface area contributed by atoms with Crippen LogP contribution in [-0.2, 0) is 20.7 Å². The minimum absolute atomic E-state index is 0.0724. The van der Waals surface area contributed by atoms with E-state index in [-0.39, 0.29) is 18.9 Å². The number of methoxy groups -OCH3 is 1. The molecule has 0 aliphatic carbocycles. The summed E-state index contributed by atoms with van der Waals surface area (Å²) in [4.78, 5) is 26.0. The van der Waals surface area contributed by atoms with Gasteiger partial charge in [-0.05, 0) is 30.9 Å². The highest BCUT2D eigenvalue weighted by molar-refractivity contribution is 5.87. The lowest BCUT2D eigenvalue weighted by atomic mass is 10.0. The first-order valence-corrected chi connectivity index (χ1v) is 8.54. The Labute approximate surface area is 146 Å². The number of carbonyl (C=O) groups excluding carboxylic acids is 2. The molecule has 6 heteroatoms. The minimum atomic E-state index is -0.433. The molecule has 1 aliphatic heterocycles. The number of piperidine rings is 1. The molecule has 1 saturated heterocycles. The van der Waals surface area contributed by atoms with E-state index in [1.807, 2.05) is 12.1 Å². The number of esters is 1. The van der Waals surface area contributed by atoms with Crippen LogP contribution >= 0.6 is 0 Å². The van der Waals surface area contributed by atoms with Crippen LogP contribution in [0, 0.1) is 5.92 Å². The van der Waals surface area contributed by atoms with Crippen molar-refractivity contribution in [3.8, 4) is 5.75 Å². The van der Waals surface area contributed by atoms with Crippen LogP contribution in [0.2, 0.25) is 0 Å². The summed E-state index contributed by atoms with van der Waals surface area (Å²) < 4.78 is 15.8. The summed E-state index contributed by atoms with van der Waals surface area (Å²) in [6, 6.07) is 5.43. The largest absolute Gasteiger partial charge is 0.497 e. The van der Waals surface area contributed by atoms with E-state index >= 15 is 0 Å². The van der Waals surface area contributed by atoms with Gasteiger partial charge in [-0.1, -0.05) is 6.92 Å². The summed E-state index contributed by atoms with van der Waals surface area (Å²) >= 11 is 0. The van der Waals surface area contributed by atoms with E-state index in [4.69, 9.17) is 13.9 Å². The average molecular weight is 345 g/mol. The molecular formula is C19H23NO5. The first-order chi connectivity index (χ1) is 12.1. The quantitative estimate of drug-likeness (QED) is 0.780. The molecule has 25 heavy (non-hydrogen) atoms. The predicted octanol–water partition coefficient (Wildman–Crippen LogP) is 2.79. The van der Waals surface area contributed by atoms with Crippen molar-refractivity contribution < 1.29 is 23.5 Å². The van der Waals surface area contributed by atoms with Gasteiger partial charge in [0, 0.05) is 30.1 Å². The fraction of sp³-hybridized carbons (Fsp3) is 0.474. The summed E-state index contributed by atoms with van der Waals surface area (Å²) in [5, 5.41) is 0.842. The monoisotopic (exact) mass is 345 g/mol. The van der Waals surface area contributed by atoms with E-state index in [9.17, 15) is 9.59 Å². The van der Waals surface area contributed by atoms with Gasteiger partial charge in [0.1, 0.15) is 11.3 Å². The van der Waals surface area contributed by atoms with Crippen molar-refractivity contribution in [3.63, 3.8) is 0 Å². The second-order valence-corrected chi connectivity index (χ2v) is 6.55. The molecule has 1 aliphatic rings. The van der Waals surface area contributed by atoms with Crippen LogP contribution in [0.4, 0.5) is 0 Å². The molecule has 1 fully saturated rings. The van der Waals surface area contributed by atoms with Crippen LogP contribution in [0.15, 0.2) is 28.9 Å². The maximum atomic E-state index is 12.1. The maximum absolute atomic E-state index is 12.1. The second kappa shape index (κ2) is 7.59. The van der Waals surface area contributed by atoms with Gasteiger partial charge in [0.15, 0.2) is 6.61 Å². The van der Waals surface area contributed by atoms with Crippen molar-refractivity contribution in [2.75, 3.05) is 26.8 Å². The van der Waals surface area contributed by atoms with E-state index in [0.29, 0.717) is 17.3 Å². The molecule has 1 aromatic heterocycles. The number of amides is 1. The summed E-state index contributed by atoms with van der Waals surface area (Å²) in [5.41, 5.74) is 1.39. The van der Waals surface area contributed by atoms with Crippen LogP contribution in [0.25, 0.3) is 11.0 Å². The fourth-order valence-corrected chi connectivity index (χ4v) is 3.18. The van der Waals surface area contributed by atoms with Gasteiger partial charge >= 0.3 is 5.97 Å². The Kier molecular flexibility index (Phi) is 5.26. The van der Waals surface area contributed by atoms with Gasteiger partial charge in [0.2, 0.25) is 0 Å². The van der Waals surface area contributed by atoms with Gasteiger partial charge in [-0.3, -0.25) is 9.59 Å². The number of hydrogen-bond donors (Lipinski definition) is 0. The summed E-state index contributed by atoms with van der Waals surface area (Å²) in [6.07, 6.45) is 3.76. The van der Waals surface area contributed by atoms with Crippen molar-refractivity contribution >= 4 is 22.8 Å². The molecule has 1 aromatic carbocycles. The summed E-state index contributed by atoms with van der Waals surface area (Å²) in [7, 11) is 1.59. The van der Waals surface area contributed by atoms with Crippen molar-refractivity contribution in [1.82, 2.24) is 4.90 Å². The van der Waals surface area contributed by atoms with Crippen molar-refractivity contribution in [1.29, 1.82) is 0 Å². The Hall–Kier alpha value is -2.50. The summed E-state index contributed by atoms with van der Waals surface area (Å²) in [5.74, 6) is 0.638. The Morgan fingerprint density at radius 2 is 2.20 bits per heavy atom. The van der Waals surface area contributed by atoms with Gasteiger partial charge in [-0.15, -0.1) is 0 Å². The number of likely N-dealkylation sites (tertiary alicyclic amines) is 1. The third-order valence-corrected chi connectivity index (χ3v) is 4.56. The minimum Gasteiger partial charge on any atom is -0.497 e. The van der Waals surface area contributed by atoms with Crippen LogP contribution in [-0.4, -0.2) is 43.6 Å². The normalized spacial score (nSPS) is 17.5. The van der Waals surface area contributed by atoms with E-state index in [1.54, 1.807) is 24.3 Å². The Morgan fingerprint density at radius 1 is 1.36 bits per heavy atom. The molecular weight excluding hydrogens is 322 g/mol. The van der Waals surface area contributed by atoms with Crippen molar-refractivity contribution in [3.05, 3.63) is 30.0 Å². The lowest BCUT2D eigenvalue weighted by Gasteiger charge is -2.30. The van der Waals surface area contributed by atoms with E-state index in [0.717, 1.165) is 36.9 Å². The average Bonchev–Trinajstić information content (AvgIpc) is 3.01. The zero-order valence-corrected chi connectivity index (χ0v) is 14.6. The number of nitrogens with zero attached hydrogens (tertiary/aromatic N) is 1. The van der Waals surface area contributed by atoms with Crippen molar-refractivity contribution in [2.24, 2.45) is 5.92 Å². The van der Waals surface area contributed by atoms with Gasteiger partial charge in [0.05, 0.1) is 19.8 Å². The standard InChI is InChI=1S/C19H23NO5/c1-13-4-3-7-20(10-13)18(21)12-25-19(22)8-14-11-24-17-9-15(23-2)5-6-16(14)17/h5-6,9,11,13H,3-4,7-8,10,12H2,1-2H3/t13-/m0/s1. The Balaban J connectivity index is 1.55. The number of fused-ring (bicyclic) bond motifs is 1. The Bertz CT molecular complexity index is 766. The van der Waals surface area contributed by atoms with Crippen LogP contribution in [0.3, 0.4) is 0 Å². The highest BCUT2D eigenvalue weighted by Crippen LogP contribution is 2.26. The predicted molar refractivity (Wildman–Crippen MR) is 92.4 cm³/mol. The van der Waals surface area contributed by atoms with Gasteiger partial charge in [-0.25, -0.2) is 0 Å². The molecule has 3 rings (SSSR count). The molecule has 2 heterocycles. The lowest BCUT2D eigenvalue weighted by molar-refractivity contribution is -0.152. The molecule has 2 aromatic rings. The lowest BCUT2D eigenvalue weighted by Crippen LogP contribution is -2.41. The number of rotatable bonds is 5. The number of benzene rings is 1. The van der Waals surface area contributed by atoms with Gasteiger partial charge in [-0.2, -0.15) is 0 Å². The van der Waals surface area contributed by atoms with Crippen LogP contribution in [0.5, 0.6) is 5.75 Å². The highest BCUT2D eigenvalue weighted by Gasteiger charge is 2.22. The van der Waals surface area contributed by atoms with E-state index in [2.05, 4.69) is 6.92 Å². The van der Waals surface area contributed by atoms with Gasteiger partial charge < -0.3 is 18.8 Å². The molecule has 0 spiro atoms. The molecule has 0 saturated carbocycles. The zero-order chi connectivity index (χ0) is 17.8. The van der Waals surface area contributed by atoms with E-state index < -0.39 is 5.97 Å². The fourth-order valence-electron chi connectivity index (χ4n) is 3.18. The zero-order valence-electron chi connectivity index (χ0n) is 14.6. The molecule has 0 bridgehead atoms. The molecule has 0 N–H and O–H groups in total. The third-order valence-electron chi connectivity index (χ3n) is 4.56. The first kappa shape index (κ1) is 17.3. The highest BCUT2D eigenvalue weighted by atomic mass is 16.5. The second-order valence-electron chi connectivity index (χ2n) is 6.55. The maximum Gasteiger partial charge on any atom is 0.310 e. The van der Waals surface area contributed by atoms with Crippen LogP contribution < -0.4 is 4.74 Å². The summed E-state index contributed by atoms with van der Waals surface area (Å²) in [6.45, 7) is 3.42. The molecule has 134 valence electrons. The third kappa shape index (κ3) is 4.13. The van der Waals surface area contributed by atoms with Crippen LogP contribution in [0.1, 0.15) is 25.3 Å². The SMILES string of the molecule is COc1ccc2c(CC(=O)OCC(=O)N3CCC[C@H](C)C3)coc2c1. The number of hydrogen-bond acceptors (Lipinski definition) is 5. The molecule has 1 amide bonds. The first-order valence-electron chi connectivity index (χ1n) is 8.54. The Morgan fingerprint density at radius 3 is 2.96 bits per heavy atom.